The molecule has 2 aromatic rings. The first-order chi connectivity index (χ1) is 11.7. The topological polar surface area (TPSA) is 67.1 Å². The van der Waals surface area contributed by atoms with E-state index in [0.29, 0.717) is 0 Å². The van der Waals surface area contributed by atoms with E-state index < -0.39 is 0 Å². The van der Waals surface area contributed by atoms with E-state index in [1.807, 2.05) is 16.8 Å². The van der Waals surface area contributed by atoms with Gasteiger partial charge in [0, 0.05) is 31.5 Å². The minimum absolute atomic E-state index is 0. The molecular formula is C17H22FIN6. The van der Waals surface area contributed by atoms with Crippen molar-refractivity contribution in [1.82, 2.24) is 25.4 Å². The Morgan fingerprint density at radius 3 is 2.96 bits per heavy atom. The molecule has 2 N–H and O–H groups in total. The average Bonchev–Trinajstić information content (AvgIpc) is 3.19. The van der Waals surface area contributed by atoms with Gasteiger partial charge in [0.15, 0.2) is 5.96 Å². The molecule has 2 aliphatic rings. The summed E-state index contributed by atoms with van der Waals surface area (Å²) >= 11 is 0. The first-order valence-electron chi connectivity index (χ1n) is 8.35. The Labute approximate surface area is 163 Å². The summed E-state index contributed by atoms with van der Waals surface area (Å²) in [5, 5.41) is 11.1. The Morgan fingerprint density at radius 2 is 2.16 bits per heavy atom. The van der Waals surface area contributed by atoms with Crippen LogP contribution in [0.5, 0.6) is 0 Å². The number of aliphatic imine (C=N–C) groups is 1. The van der Waals surface area contributed by atoms with Gasteiger partial charge < -0.3 is 10.6 Å². The molecule has 1 aliphatic heterocycles. The SMILES string of the molecule is CN=C(NC1CCc2ncnn2C1)NC1CC1c1ccccc1F.I. The minimum atomic E-state index is -0.124. The third kappa shape index (κ3) is 3.94. The molecule has 8 heteroatoms. The molecule has 4 rings (SSSR count). The van der Waals surface area contributed by atoms with E-state index in [9.17, 15) is 4.39 Å². The van der Waals surface area contributed by atoms with E-state index >= 15 is 0 Å². The summed E-state index contributed by atoms with van der Waals surface area (Å²) in [6.07, 6.45) is 4.45. The number of benzene rings is 1. The average molecular weight is 456 g/mol. The molecule has 3 atom stereocenters. The lowest BCUT2D eigenvalue weighted by Gasteiger charge is -2.25. The van der Waals surface area contributed by atoms with E-state index in [-0.39, 0.29) is 47.8 Å². The third-order valence-electron chi connectivity index (χ3n) is 4.79. The van der Waals surface area contributed by atoms with Gasteiger partial charge in [-0.05, 0) is 24.5 Å². The van der Waals surface area contributed by atoms with Crippen molar-refractivity contribution in [2.45, 2.75) is 43.8 Å². The van der Waals surface area contributed by atoms with Crippen molar-refractivity contribution in [3.8, 4) is 0 Å². The van der Waals surface area contributed by atoms with Crippen LogP contribution < -0.4 is 10.6 Å². The Hall–Kier alpha value is -1.71. The highest BCUT2D eigenvalue weighted by molar-refractivity contribution is 14.0. The molecule has 1 saturated carbocycles. The Morgan fingerprint density at radius 1 is 1.32 bits per heavy atom. The summed E-state index contributed by atoms with van der Waals surface area (Å²) in [6, 6.07) is 7.51. The first-order valence-corrected chi connectivity index (χ1v) is 8.35. The predicted molar refractivity (Wildman–Crippen MR) is 105 cm³/mol. The molecule has 1 aromatic heterocycles. The molecule has 1 fully saturated rings. The second kappa shape index (κ2) is 7.67. The van der Waals surface area contributed by atoms with Crippen molar-refractivity contribution in [3.05, 3.63) is 47.8 Å². The summed E-state index contributed by atoms with van der Waals surface area (Å²) in [6.45, 7) is 0.789. The number of hydrogen-bond acceptors (Lipinski definition) is 3. The fraction of sp³-hybridized carbons (Fsp3) is 0.471. The molecule has 1 aromatic carbocycles. The van der Waals surface area contributed by atoms with Crippen LogP contribution in [0.1, 0.15) is 30.1 Å². The van der Waals surface area contributed by atoms with Crippen LogP contribution in [0.2, 0.25) is 0 Å². The van der Waals surface area contributed by atoms with Crippen molar-refractivity contribution in [1.29, 1.82) is 0 Å². The van der Waals surface area contributed by atoms with Crippen LogP contribution in [0.25, 0.3) is 0 Å². The van der Waals surface area contributed by atoms with Gasteiger partial charge in [0.2, 0.25) is 0 Å². The quantitative estimate of drug-likeness (QED) is 0.422. The smallest absolute Gasteiger partial charge is 0.191 e. The number of nitrogens with zero attached hydrogens (tertiary/aromatic N) is 4. The van der Waals surface area contributed by atoms with Crippen LogP contribution in [0.4, 0.5) is 4.39 Å². The minimum Gasteiger partial charge on any atom is -0.353 e. The fourth-order valence-corrected chi connectivity index (χ4v) is 3.37. The molecule has 134 valence electrons. The molecule has 0 radical (unpaired) electrons. The number of hydrogen-bond donors (Lipinski definition) is 2. The number of nitrogens with one attached hydrogen (secondary N) is 2. The fourth-order valence-electron chi connectivity index (χ4n) is 3.37. The molecule has 3 unspecified atom stereocenters. The summed E-state index contributed by atoms with van der Waals surface area (Å²) in [7, 11) is 1.76. The largest absolute Gasteiger partial charge is 0.353 e. The predicted octanol–water partition coefficient (Wildman–Crippen LogP) is 2.07. The van der Waals surface area contributed by atoms with Gasteiger partial charge in [-0.15, -0.1) is 24.0 Å². The zero-order valence-corrected chi connectivity index (χ0v) is 16.4. The van der Waals surface area contributed by atoms with Crippen LogP contribution in [-0.4, -0.2) is 39.9 Å². The molecule has 25 heavy (non-hydrogen) atoms. The van der Waals surface area contributed by atoms with Crippen molar-refractivity contribution >= 4 is 29.9 Å². The molecule has 0 saturated heterocycles. The standard InChI is InChI=1S/C17H21FN6.HI/c1-19-17(22-11-6-7-16-20-10-21-24(16)9-11)23-15-8-13(15)12-4-2-3-5-14(12)18;/h2-5,10-11,13,15H,6-9H2,1H3,(H2,19,22,23);1H. The number of fused-ring (bicyclic) bond motifs is 1. The Bertz CT molecular complexity index is 761. The van der Waals surface area contributed by atoms with Gasteiger partial charge in [-0.2, -0.15) is 5.10 Å². The highest BCUT2D eigenvalue weighted by Gasteiger charge is 2.40. The summed E-state index contributed by atoms with van der Waals surface area (Å²) in [5.74, 6) is 1.91. The lowest BCUT2D eigenvalue weighted by molar-refractivity contribution is 0.392. The maximum atomic E-state index is 13.9. The monoisotopic (exact) mass is 456 g/mol. The molecule has 0 bridgehead atoms. The van der Waals surface area contributed by atoms with Crippen LogP contribution in [0.3, 0.4) is 0 Å². The lowest BCUT2D eigenvalue weighted by Crippen LogP contribution is -2.47. The van der Waals surface area contributed by atoms with Gasteiger partial charge in [-0.1, -0.05) is 18.2 Å². The van der Waals surface area contributed by atoms with Gasteiger partial charge in [0.25, 0.3) is 0 Å². The third-order valence-corrected chi connectivity index (χ3v) is 4.79. The number of aromatic nitrogens is 3. The van der Waals surface area contributed by atoms with Crippen LogP contribution >= 0.6 is 24.0 Å². The van der Waals surface area contributed by atoms with E-state index in [4.69, 9.17) is 0 Å². The zero-order chi connectivity index (χ0) is 16.5. The molecule has 1 aliphatic carbocycles. The normalized spacial score (nSPS) is 24.9. The van der Waals surface area contributed by atoms with Gasteiger partial charge >= 0.3 is 0 Å². The number of rotatable bonds is 3. The van der Waals surface area contributed by atoms with Crippen molar-refractivity contribution in [2.24, 2.45) is 4.99 Å². The molecule has 2 heterocycles. The maximum Gasteiger partial charge on any atom is 0.191 e. The van der Waals surface area contributed by atoms with E-state index in [2.05, 4.69) is 25.7 Å². The van der Waals surface area contributed by atoms with Crippen LogP contribution in [0.15, 0.2) is 35.6 Å². The summed E-state index contributed by atoms with van der Waals surface area (Å²) in [4.78, 5) is 8.56. The van der Waals surface area contributed by atoms with E-state index in [1.54, 1.807) is 19.4 Å². The molecule has 6 nitrogen and oxygen atoms in total. The molecular weight excluding hydrogens is 434 g/mol. The van der Waals surface area contributed by atoms with Gasteiger partial charge in [0.05, 0.1) is 6.54 Å². The second-order valence-corrected chi connectivity index (χ2v) is 6.43. The molecule has 0 spiro atoms. The van der Waals surface area contributed by atoms with Crippen molar-refractivity contribution in [3.63, 3.8) is 0 Å². The summed E-state index contributed by atoms with van der Waals surface area (Å²) < 4.78 is 15.8. The number of aryl methyl sites for hydroxylation is 1. The molecule has 0 amide bonds. The van der Waals surface area contributed by atoms with Crippen LogP contribution in [0, 0.1) is 5.82 Å². The number of guanidine groups is 1. The number of halogens is 2. The highest BCUT2D eigenvalue weighted by Crippen LogP contribution is 2.41. The Balaban J connectivity index is 0.00000182. The lowest BCUT2D eigenvalue weighted by atomic mass is 10.1. The van der Waals surface area contributed by atoms with Gasteiger partial charge in [-0.25, -0.2) is 14.1 Å². The first kappa shape index (κ1) is 18.1. The summed E-state index contributed by atoms with van der Waals surface area (Å²) in [5.41, 5.74) is 0.787. The highest BCUT2D eigenvalue weighted by atomic mass is 127. The zero-order valence-electron chi connectivity index (χ0n) is 14.0. The van der Waals surface area contributed by atoms with Gasteiger partial charge in [0.1, 0.15) is 18.0 Å². The Kier molecular flexibility index (Phi) is 5.55. The maximum absolute atomic E-state index is 13.9. The van der Waals surface area contributed by atoms with Crippen molar-refractivity contribution < 1.29 is 4.39 Å². The van der Waals surface area contributed by atoms with Crippen LogP contribution in [-0.2, 0) is 13.0 Å². The van der Waals surface area contributed by atoms with E-state index in [0.717, 1.165) is 43.2 Å². The van der Waals surface area contributed by atoms with Gasteiger partial charge in [-0.3, -0.25) is 4.99 Å². The van der Waals surface area contributed by atoms with E-state index in [1.165, 1.54) is 6.07 Å². The second-order valence-electron chi connectivity index (χ2n) is 6.43. The van der Waals surface area contributed by atoms with Crippen molar-refractivity contribution in [2.75, 3.05) is 7.05 Å².